The molecule has 88 valence electrons. The second-order valence-corrected chi connectivity index (χ2v) is 4.87. The van der Waals surface area contributed by atoms with E-state index in [0.29, 0.717) is 5.92 Å². The van der Waals surface area contributed by atoms with E-state index in [1.807, 2.05) is 24.4 Å². The molecule has 17 heavy (non-hydrogen) atoms. The number of anilines is 1. The summed E-state index contributed by atoms with van der Waals surface area (Å²) in [5, 5.41) is 3.39. The van der Waals surface area contributed by atoms with Gasteiger partial charge in [0.1, 0.15) is 4.60 Å². The normalized spacial score (nSPS) is 12.1. The van der Waals surface area contributed by atoms with Gasteiger partial charge < -0.3 is 5.32 Å². The quantitative estimate of drug-likeness (QED) is 0.859. The molecule has 0 spiro atoms. The fraction of sp³-hybridized carbons (Fsp3) is 0.214. The van der Waals surface area contributed by atoms with Crippen LogP contribution in [0.3, 0.4) is 0 Å². The van der Waals surface area contributed by atoms with E-state index in [1.54, 1.807) is 0 Å². The van der Waals surface area contributed by atoms with E-state index < -0.39 is 0 Å². The van der Waals surface area contributed by atoms with Gasteiger partial charge in [-0.05, 0) is 39.5 Å². The molecule has 0 saturated carbocycles. The Morgan fingerprint density at radius 3 is 2.59 bits per heavy atom. The molecule has 0 bridgehead atoms. The van der Waals surface area contributed by atoms with Crippen LogP contribution in [0.5, 0.6) is 0 Å². The van der Waals surface area contributed by atoms with Crippen molar-refractivity contribution in [2.45, 2.75) is 12.8 Å². The lowest BCUT2D eigenvalue weighted by Gasteiger charge is -2.13. The average Bonchev–Trinajstić information content (AvgIpc) is 2.39. The number of halogens is 1. The summed E-state index contributed by atoms with van der Waals surface area (Å²) in [6, 6.07) is 14.5. The highest BCUT2D eigenvalue weighted by atomic mass is 79.9. The molecule has 2 rings (SSSR count). The van der Waals surface area contributed by atoms with Crippen molar-refractivity contribution < 1.29 is 0 Å². The summed E-state index contributed by atoms with van der Waals surface area (Å²) in [5.41, 5.74) is 2.40. The number of aromatic nitrogens is 1. The second kappa shape index (κ2) is 5.82. The van der Waals surface area contributed by atoms with Gasteiger partial charge in [-0.3, -0.25) is 0 Å². The first-order valence-corrected chi connectivity index (χ1v) is 6.45. The molecule has 0 fully saturated rings. The molecular formula is C14H15BrN2. The predicted molar refractivity (Wildman–Crippen MR) is 75.3 cm³/mol. The van der Waals surface area contributed by atoms with Gasteiger partial charge in [0.2, 0.25) is 0 Å². The third kappa shape index (κ3) is 3.56. The SMILES string of the molecule is CC(CNc1ccc(Br)nc1)c1ccccc1. The minimum Gasteiger partial charge on any atom is -0.383 e. The second-order valence-electron chi connectivity index (χ2n) is 4.06. The molecule has 0 aliphatic carbocycles. The maximum atomic E-state index is 4.18. The molecule has 3 heteroatoms. The standard InChI is InChI=1S/C14H15BrN2/c1-11(12-5-3-2-4-6-12)9-16-13-7-8-14(15)17-10-13/h2-8,10-11,16H,9H2,1H3. The van der Waals surface area contributed by atoms with Gasteiger partial charge in [0, 0.05) is 6.54 Å². The monoisotopic (exact) mass is 290 g/mol. The van der Waals surface area contributed by atoms with Gasteiger partial charge in [-0.25, -0.2) is 4.98 Å². The van der Waals surface area contributed by atoms with E-state index in [4.69, 9.17) is 0 Å². The number of hydrogen-bond donors (Lipinski definition) is 1. The first-order chi connectivity index (χ1) is 8.25. The molecule has 1 atom stereocenters. The fourth-order valence-corrected chi connectivity index (χ4v) is 1.89. The molecule has 0 radical (unpaired) electrons. The zero-order valence-corrected chi connectivity index (χ0v) is 11.3. The fourth-order valence-electron chi connectivity index (χ4n) is 1.65. The lowest BCUT2D eigenvalue weighted by Crippen LogP contribution is -2.09. The van der Waals surface area contributed by atoms with Crippen molar-refractivity contribution in [2.24, 2.45) is 0 Å². The lowest BCUT2D eigenvalue weighted by atomic mass is 10.0. The van der Waals surface area contributed by atoms with E-state index in [-0.39, 0.29) is 0 Å². The van der Waals surface area contributed by atoms with Gasteiger partial charge in [0.15, 0.2) is 0 Å². The third-order valence-electron chi connectivity index (χ3n) is 2.71. The topological polar surface area (TPSA) is 24.9 Å². The largest absolute Gasteiger partial charge is 0.383 e. The maximum Gasteiger partial charge on any atom is 0.106 e. The number of pyridine rings is 1. The van der Waals surface area contributed by atoms with Crippen LogP contribution < -0.4 is 5.32 Å². The van der Waals surface area contributed by atoms with Crippen molar-refractivity contribution in [3.63, 3.8) is 0 Å². The Kier molecular flexibility index (Phi) is 4.15. The zero-order valence-electron chi connectivity index (χ0n) is 9.73. The van der Waals surface area contributed by atoms with Crippen LogP contribution in [0.15, 0.2) is 53.3 Å². The van der Waals surface area contributed by atoms with Crippen molar-refractivity contribution in [1.82, 2.24) is 4.98 Å². The summed E-state index contributed by atoms with van der Waals surface area (Å²) >= 11 is 3.32. The Bertz CT molecular complexity index is 453. The smallest absolute Gasteiger partial charge is 0.106 e. The van der Waals surface area contributed by atoms with E-state index in [2.05, 4.69) is 57.4 Å². The van der Waals surface area contributed by atoms with Crippen LogP contribution in [0.25, 0.3) is 0 Å². The van der Waals surface area contributed by atoms with Crippen molar-refractivity contribution >= 4 is 21.6 Å². The Morgan fingerprint density at radius 2 is 1.94 bits per heavy atom. The van der Waals surface area contributed by atoms with E-state index in [1.165, 1.54) is 5.56 Å². The minimum atomic E-state index is 0.486. The molecule has 0 saturated heterocycles. The summed E-state index contributed by atoms with van der Waals surface area (Å²) in [7, 11) is 0. The molecule has 1 aromatic carbocycles. The number of nitrogens with one attached hydrogen (secondary N) is 1. The van der Waals surface area contributed by atoms with Gasteiger partial charge in [0.25, 0.3) is 0 Å². The predicted octanol–water partition coefficient (Wildman–Crippen LogP) is 4.06. The molecule has 1 unspecified atom stereocenters. The first-order valence-electron chi connectivity index (χ1n) is 5.66. The van der Waals surface area contributed by atoms with Crippen molar-refractivity contribution in [3.8, 4) is 0 Å². The highest BCUT2D eigenvalue weighted by molar-refractivity contribution is 9.10. The van der Waals surface area contributed by atoms with Crippen LogP contribution >= 0.6 is 15.9 Å². The Labute approximate surface area is 110 Å². The number of nitrogens with zero attached hydrogens (tertiary/aromatic N) is 1. The summed E-state index contributed by atoms with van der Waals surface area (Å²) in [5.74, 6) is 0.486. The van der Waals surface area contributed by atoms with Crippen LogP contribution in [0.1, 0.15) is 18.4 Å². The number of benzene rings is 1. The maximum absolute atomic E-state index is 4.18. The van der Waals surface area contributed by atoms with E-state index >= 15 is 0 Å². The minimum absolute atomic E-state index is 0.486. The molecule has 0 aliphatic rings. The number of rotatable bonds is 4. The van der Waals surface area contributed by atoms with Gasteiger partial charge in [0.05, 0.1) is 11.9 Å². The summed E-state index contributed by atoms with van der Waals surface area (Å²) in [6.07, 6.45) is 1.84. The lowest BCUT2D eigenvalue weighted by molar-refractivity contribution is 0.804. The Morgan fingerprint density at radius 1 is 1.18 bits per heavy atom. The van der Waals surface area contributed by atoms with Gasteiger partial charge >= 0.3 is 0 Å². The molecule has 1 aromatic heterocycles. The third-order valence-corrected chi connectivity index (χ3v) is 3.18. The van der Waals surface area contributed by atoms with Crippen LogP contribution in [0, 0.1) is 0 Å². The summed E-state index contributed by atoms with van der Waals surface area (Å²) in [6.45, 7) is 3.13. The van der Waals surface area contributed by atoms with Gasteiger partial charge in [-0.2, -0.15) is 0 Å². The highest BCUT2D eigenvalue weighted by Gasteiger charge is 2.04. The summed E-state index contributed by atoms with van der Waals surface area (Å²) in [4.78, 5) is 4.18. The van der Waals surface area contributed by atoms with Gasteiger partial charge in [-0.1, -0.05) is 37.3 Å². The zero-order chi connectivity index (χ0) is 12.1. The van der Waals surface area contributed by atoms with Crippen LogP contribution in [0.2, 0.25) is 0 Å². The molecule has 0 aliphatic heterocycles. The summed E-state index contributed by atoms with van der Waals surface area (Å²) < 4.78 is 0.860. The first kappa shape index (κ1) is 12.1. The number of hydrogen-bond acceptors (Lipinski definition) is 2. The van der Waals surface area contributed by atoms with Gasteiger partial charge in [-0.15, -0.1) is 0 Å². The van der Waals surface area contributed by atoms with Crippen molar-refractivity contribution in [1.29, 1.82) is 0 Å². The van der Waals surface area contributed by atoms with E-state index in [0.717, 1.165) is 16.8 Å². The molecule has 2 aromatic rings. The van der Waals surface area contributed by atoms with Crippen molar-refractivity contribution in [2.75, 3.05) is 11.9 Å². The molecule has 2 nitrogen and oxygen atoms in total. The van der Waals surface area contributed by atoms with Crippen LogP contribution in [0.4, 0.5) is 5.69 Å². The van der Waals surface area contributed by atoms with Crippen molar-refractivity contribution in [3.05, 3.63) is 58.8 Å². The van der Waals surface area contributed by atoms with Crippen LogP contribution in [-0.2, 0) is 0 Å². The Hall–Kier alpha value is -1.35. The Balaban J connectivity index is 1.92. The molecule has 1 heterocycles. The molecule has 0 amide bonds. The molecule has 1 N–H and O–H groups in total. The van der Waals surface area contributed by atoms with Crippen LogP contribution in [-0.4, -0.2) is 11.5 Å². The average molecular weight is 291 g/mol. The highest BCUT2D eigenvalue weighted by Crippen LogP contribution is 2.16. The molecular weight excluding hydrogens is 276 g/mol. The van der Waals surface area contributed by atoms with E-state index in [9.17, 15) is 0 Å².